The number of aliphatic carboxylic acids is 1. The van der Waals surface area contributed by atoms with Crippen LogP contribution in [-0.2, 0) is 9.59 Å². The van der Waals surface area contributed by atoms with Gasteiger partial charge in [-0.1, -0.05) is 0 Å². The number of carboxylic acid groups (broad SMARTS) is 1. The molecule has 4 heteroatoms. The van der Waals surface area contributed by atoms with Crippen molar-refractivity contribution in [1.29, 1.82) is 0 Å². The van der Waals surface area contributed by atoms with E-state index in [2.05, 4.69) is 6.92 Å². The van der Waals surface area contributed by atoms with Crippen LogP contribution in [0.1, 0.15) is 6.42 Å². The average molecular weight is 156 g/mol. The first-order valence-electron chi connectivity index (χ1n) is 3.45. The van der Waals surface area contributed by atoms with Gasteiger partial charge in [0.25, 0.3) is 0 Å². The molecule has 0 aromatic carbocycles. The van der Waals surface area contributed by atoms with Crippen molar-refractivity contribution in [2.24, 2.45) is 5.92 Å². The van der Waals surface area contributed by atoms with Gasteiger partial charge in [-0.15, -0.1) is 0 Å². The van der Waals surface area contributed by atoms with Gasteiger partial charge in [0.05, 0.1) is 5.92 Å². The Morgan fingerprint density at radius 2 is 2.18 bits per heavy atom. The SMILES string of the molecule is [CH2]C(=O)N1CCC(C(=O)O)C1. The predicted octanol–water partition coefficient (Wildman–Crippen LogP) is -0.246. The van der Waals surface area contributed by atoms with Crippen molar-refractivity contribution in [1.82, 2.24) is 4.90 Å². The lowest BCUT2D eigenvalue weighted by Gasteiger charge is -2.11. The average Bonchev–Trinajstić information content (AvgIpc) is 2.33. The summed E-state index contributed by atoms with van der Waals surface area (Å²) in [7, 11) is 0. The van der Waals surface area contributed by atoms with Gasteiger partial charge in [-0.3, -0.25) is 9.59 Å². The molecule has 0 aromatic heterocycles. The maximum absolute atomic E-state index is 10.6. The molecule has 0 spiro atoms. The molecule has 1 saturated heterocycles. The molecule has 1 atom stereocenters. The standard InChI is InChI=1S/C7H10NO3/c1-5(9)8-3-2-6(4-8)7(10)11/h6H,1-4H2,(H,10,11). The van der Waals surface area contributed by atoms with Crippen LogP contribution in [0.2, 0.25) is 0 Å². The van der Waals surface area contributed by atoms with Gasteiger partial charge >= 0.3 is 5.97 Å². The predicted molar refractivity (Wildman–Crippen MR) is 37.7 cm³/mol. The van der Waals surface area contributed by atoms with Crippen molar-refractivity contribution in [3.8, 4) is 0 Å². The molecule has 1 aliphatic heterocycles. The Kier molecular flexibility index (Phi) is 2.12. The summed E-state index contributed by atoms with van der Waals surface area (Å²) in [5.41, 5.74) is 0. The molecular weight excluding hydrogens is 146 g/mol. The quantitative estimate of drug-likeness (QED) is 0.569. The molecule has 1 fully saturated rings. The molecule has 1 N–H and O–H groups in total. The summed E-state index contributed by atoms with van der Waals surface area (Å²) < 4.78 is 0. The van der Waals surface area contributed by atoms with E-state index in [1.165, 1.54) is 4.90 Å². The van der Waals surface area contributed by atoms with Crippen molar-refractivity contribution in [2.75, 3.05) is 13.1 Å². The second-order valence-corrected chi connectivity index (χ2v) is 2.66. The number of amides is 1. The fraction of sp³-hybridized carbons (Fsp3) is 0.571. The third kappa shape index (κ3) is 1.69. The van der Waals surface area contributed by atoms with Crippen molar-refractivity contribution < 1.29 is 14.7 Å². The molecule has 1 unspecified atom stereocenters. The number of carbonyl (C=O) groups is 2. The van der Waals surface area contributed by atoms with Crippen molar-refractivity contribution >= 4 is 11.9 Å². The zero-order chi connectivity index (χ0) is 8.43. The van der Waals surface area contributed by atoms with E-state index >= 15 is 0 Å². The van der Waals surface area contributed by atoms with Gasteiger partial charge in [0, 0.05) is 20.0 Å². The second kappa shape index (κ2) is 2.90. The molecule has 1 aliphatic rings. The fourth-order valence-electron chi connectivity index (χ4n) is 1.19. The van der Waals surface area contributed by atoms with E-state index in [4.69, 9.17) is 5.11 Å². The molecule has 1 radical (unpaired) electrons. The minimum Gasteiger partial charge on any atom is -0.481 e. The van der Waals surface area contributed by atoms with Crippen LogP contribution in [0.3, 0.4) is 0 Å². The maximum atomic E-state index is 10.6. The second-order valence-electron chi connectivity index (χ2n) is 2.66. The number of hydrogen-bond donors (Lipinski definition) is 1. The van der Waals surface area contributed by atoms with E-state index < -0.39 is 5.97 Å². The highest BCUT2D eigenvalue weighted by Crippen LogP contribution is 2.15. The summed E-state index contributed by atoms with van der Waals surface area (Å²) >= 11 is 0. The Morgan fingerprint density at radius 1 is 1.55 bits per heavy atom. The lowest BCUT2D eigenvalue weighted by molar-refractivity contribution is -0.141. The van der Waals surface area contributed by atoms with Crippen molar-refractivity contribution in [3.63, 3.8) is 0 Å². The molecule has 0 bridgehead atoms. The third-order valence-corrected chi connectivity index (χ3v) is 1.89. The first-order valence-corrected chi connectivity index (χ1v) is 3.45. The number of likely N-dealkylation sites (tertiary alicyclic amines) is 1. The third-order valence-electron chi connectivity index (χ3n) is 1.89. The number of rotatable bonds is 1. The van der Waals surface area contributed by atoms with Crippen molar-refractivity contribution in [2.45, 2.75) is 6.42 Å². The van der Waals surface area contributed by atoms with Gasteiger partial charge < -0.3 is 10.0 Å². The molecule has 1 heterocycles. The molecule has 0 aromatic rings. The molecule has 1 rings (SSSR count). The molecule has 4 nitrogen and oxygen atoms in total. The van der Waals surface area contributed by atoms with Crippen LogP contribution in [0.15, 0.2) is 0 Å². The summed E-state index contributed by atoms with van der Waals surface area (Å²) in [6.07, 6.45) is 0.552. The molecular formula is C7H10NO3. The molecule has 1 amide bonds. The Labute approximate surface area is 64.8 Å². The van der Waals surface area contributed by atoms with Crippen LogP contribution in [-0.4, -0.2) is 35.0 Å². The lowest BCUT2D eigenvalue weighted by Crippen LogP contribution is -2.27. The van der Waals surface area contributed by atoms with Crippen LogP contribution >= 0.6 is 0 Å². The van der Waals surface area contributed by atoms with E-state index in [1.807, 2.05) is 0 Å². The zero-order valence-electron chi connectivity index (χ0n) is 6.12. The highest BCUT2D eigenvalue weighted by atomic mass is 16.4. The van der Waals surface area contributed by atoms with E-state index in [0.29, 0.717) is 19.5 Å². The Balaban J connectivity index is 2.47. The lowest BCUT2D eigenvalue weighted by atomic mass is 10.1. The first-order chi connectivity index (χ1) is 5.11. The van der Waals surface area contributed by atoms with Crippen molar-refractivity contribution in [3.05, 3.63) is 6.92 Å². The maximum Gasteiger partial charge on any atom is 0.308 e. The van der Waals surface area contributed by atoms with Gasteiger partial charge in [0.1, 0.15) is 0 Å². The fourth-order valence-corrected chi connectivity index (χ4v) is 1.19. The van der Waals surface area contributed by atoms with Gasteiger partial charge in [-0.2, -0.15) is 0 Å². The van der Waals surface area contributed by atoms with E-state index in [-0.39, 0.29) is 11.8 Å². The summed E-state index contributed by atoms with van der Waals surface area (Å²) in [5, 5.41) is 8.55. The monoisotopic (exact) mass is 156 g/mol. The molecule has 61 valence electrons. The Morgan fingerprint density at radius 3 is 2.45 bits per heavy atom. The van der Waals surface area contributed by atoms with Crippen LogP contribution in [0.25, 0.3) is 0 Å². The van der Waals surface area contributed by atoms with Gasteiger partial charge in [0.15, 0.2) is 0 Å². The zero-order valence-corrected chi connectivity index (χ0v) is 6.12. The molecule has 0 aliphatic carbocycles. The van der Waals surface area contributed by atoms with Crippen LogP contribution in [0, 0.1) is 12.8 Å². The van der Waals surface area contributed by atoms with Gasteiger partial charge in [0.2, 0.25) is 5.91 Å². The Bertz CT molecular complexity index is 170. The highest BCUT2D eigenvalue weighted by molar-refractivity contribution is 5.81. The molecule has 0 saturated carbocycles. The summed E-state index contributed by atoms with van der Waals surface area (Å²) in [6, 6.07) is 0. The largest absolute Gasteiger partial charge is 0.481 e. The van der Waals surface area contributed by atoms with Crippen LogP contribution in [0.4, 0.5) is 0 Å². The summed E-state index contributed by atoms with van der Waals surface area (Å²) in [4.78, 5) is 22.5. The Hall–Kier alpha value is -1.06. The van der Waals surface area contributed by atoms with Gasteiger partial charge in [-0.05, 0) is 6.42 Å². The first kappa shape index (κ1) is 8.04. The normalized spacial score (nSPS) is 23.7. The number of nitrogens with zero attached hydrogens (tertiary/aromatic N) is 1. The number of carboxylic acids is 1. The summed E-state index contributed by atoms with van der Waals surface area (Å²) in [5.74, 6) is -1.50. The van der Waals surface area contributed by atoms with E-state index in [9.17, 15) is 9.59 Å². The minimum atomic E-state index is -0.825. The number of carbonyl (C=O) groups excluding carboxylic acids is 1. The van der Waals surface area contributed by atoms with E-state index in [0.717, 1.165) is 0 Å². The molecule has 11 heavy (non-hydrogen) atoms. The summed E-state index contributed by atoms with van der Waals surface area (Å²) in [6.45, 7) is 4.05. The highest BCUT2D eigenvalue weighted by Gasteiger charge is 2.28. The topological polar surface area (TPSA) is 57.6 Å². The smallest absolute Gasteiger partial charge is 0.308 e. The minimum absolute atomic E-state index is 0.284. The van der Waals surface area contributed by atoms with Crippen LogP contribution in [0.5, 0.6) is 0 Å². The van der Waals surface area contributed by atoms with E-state index in [1.54, 1.807) is 0 Å². The van der Waals surface area contributed by atoms with Crippen LogP contribution < -0.4 is 0 Å². The van der Waals surface area contributed by atoms with Gasteiger partial charge in [-0.25, -0.2) is 0 Å². The number of hydrogen-bond acceptors (Lipinski definition) is 2.